The molecule has 2 aliphatic rings. The van der Waals surface area contributed by atoms with Crippen molar-refractivity contribution >= 4 is 23.4 Å². The number of hydrogen-bond acceptors (Lipinski definition) is 4. The van der Waals surface area contributed by atoms with Crippen molar-refractivity contribution in [1.29, 1.82) is 0 Å². The number of halogens is 1. The normalized spacial score (nSPS) is 19.4. The Kier molecular flexibility index (Phi) is 7.32. The number of aromatic nitrogens is 3. The summed E-state index contributed by atoms with van der Waals surface area (Å²) in [4.78, 5) is 7.53. The van der Waals surface area contributed by atoms with E-state index in [1.807, 2.05) is 24.3 Å². The van der Waals surface area contributed by atoms with Crippen LogP contribution in [0.4, 0.5) is 0 Å². The lowest BCUT2D eigenvalue weighted by Gasteiger charge is -2.41. The first-order valence-corrected chi connectivity index (χ1v) is 12.2. The maximum atomic E-state index is 5.98. The molecule has 0 radical (unpaired) electrons. The lowest BCUT2D eigenvalue weighted by Crippen LogP contribution is -2.46. The molecule has 2 fully saturated rings. The van der Waals surface area contributed by atoms with Crippen molar-refractivity contribution in [2.75, 3.05) is 12.3 Å². The minimum Gasteiger partial charge on any atom is -0.297 e. The molecule has 0 spiro atoms. The number of H-pyrrole nitrogens is 1. The largest absolute Gasteiger partial charge is 0.297 e. The van der Waals surface area contributed by atoms with Crippen LogP contribution < -0.4 is 0 Å². The van der Waals surface area contributed by atoms with Gasteiger partial charge in [0, 0.05) is 35.0 Å². The highest BCUT2D eigenvalue weighted by atomic mass is 35.5. The Bertz CT molecular complexity index is 702. The summed E-state index contributed by atoms with van der Waals surface area (Å²) >= 11 is 7.75. The summed E-state index contributed by atoms with van der Waals surface area (Å²) in [5.41, 5.74) is 1.02. The number of nitrogens with one attached hydrogen (secondary N) is 1. The predicted molar refractivity (Wildman–Crippen MR) is 118 cm³/mol. The number of hydrogen-bond donors (Lipinski definition) is 1. The molecule has 6 heteroatoms. The molecule has 0 amide bonds. The highest BCUT2D eigenvalue weighted by Crippen LogP contribution is 2.31. The van der Waals surface area contributed by atoms with Crippen molar-refractivity contribution < 1.29 is 0 Å². The SMILES string of the molecule is Clc1ccc(-c2nc(SCCN(C3CCCCC3)C3CCCCC3)n[nH]2)cc1. The molecule has 0 bridgehead atoms. The van der Waals surface area contributed by atoms with E-state index in [9.17, 15) is 0 Å². The van der Waals surface area contributed by atoms with Gasteiger partial charge in [0.15, 0.2) is 5.82 Å². The molecule has 28 heavy (non-hydrogen) atoms. The zero-order valence-corrected chi connectivity index (χ0v) is 18.1. The van der Waals surface area contributed by atoms with Gasteiger partial charge in [0.05, 0.1) is 0 Å². The van der Waals surface area contributed by atoms with Crippen LogP contribution in [0.2, 0.25) is 5.02 Å². The van der Waals surface area contributed by atoms with Gasteiger partial charge in [-0.25, -0.2) is 4.98 Å². The van der Waals surface area contributed by atoms with E-state index in [-0.39, 0.29) is 0 Å². The Labute approximate surface area is 177 Å². The second-order valence-corrected chi connectivity index (χ2v) is 9.64. The summed E-state index contributed by atoms with van der Waals surface area (Å²) in [5, 5.41) is 9.06. The molecule has 1 N–H and O–H groups in total. The van der Waals surface area contributed by atoms with Crippen LogP contribution in [0.15, 0.2) is 29.4 Å². The van der Waals surface area contributed by atoms with Crippen molar-refractivity contribution in [2.45, 2.75) is 81.4 Å². The molecule has 0 aliphatic heterocycles. The third-order valence-corrected chi connectivity index (χ3v) is 7.33. The number of benzene rings is 1. The van der Waals surface area contributed by atoms with E-state index in [2.05, 4.69) is 20.1 Å². The minimum atomic E-state index is 0.739. The van der Waals surface area contributed by atoms with Gasteiger partial charge >= 0.3 is 0 Å². The van der Waals surface area contributed by atoms with Crippen molar-refractivity contribution in [3.63, 3.8) is 0 Å². The summed E-state index contributed by atoms with van der Waals surface area (Å²) in [6.45, 7) is 1.16. The van der Waals surface area contributed by atoms with Gasteiger partial charge in [-0.1, -0.05) is 61.9 Å². The Morgan fingerprint density at radius 2 is 1.54 bits per heavy atom. The highest BCUT2D eigenvalue weighted by molar-refractivity contribution is 7.99. The maximum Gasteiger partial charge on any atom is 0.208 e. The molecule has 152 valence electrons. The van der Waals surface area contributed by atoms with Gasteiger partial charge in [-0.2, -0.15) is 0 Å². The Hall–Kier alpha value is -1.04. The number of thioether (sulfide) groups is 1. The highest BCUT2D eigenvalue weighted by Gasteiger charge is 2.28. The third-order valence-electron chi connectivity index (χ3n) is 6.25. The summed E-state index contributed by atoms with van der Waals surface area (Å²) in [5.74, 6) is 1.88. The van der Waals surface area contributed by atoms with Gasteiger partial charge in [-0.15, -0.1) is 5.10 Å². The second-order valence-electron chi connectivity index (χ2n) is 8.14. The van der Waals surface area contributed by atoms with Crippen LogP contribution in [0.25, 0.3) is 11.4 Å². The van der Waals surface area contributed by atoms with Crippen molar-refractivity contribution in [3.8, 4) is 11.4 Å². The fourth-order valence-electron chi connectivity index (χ4n) is 4.78. The molecule has 1 heterocycles. The van der Waals surface area contributed by atoms with E-state index < -0.39 is 0 Å². The Morgan fingerprint density at radius 1 is 0.929 bits per heavy atom. The van der Waals surface area contributed by atoms with E-state index in [0.29, 0.717) is 0 Å². The van der Waals surface area contributed by atoms with Crippen LogP contribution in [0, 0.1) is 0 Å². The zero-order valence-electron chi connectivity index (χ0n) is 16.6. The molecule has 2 saturated carbocycles. The van der Waals surface area contributed by atoms with Gasteiger partial charge in [0.2, 0.25) is 5.16 Å². The van der Waals surface area contributed by atoms with Gasteiger partial charge in [0.25, 0.3) is 0 Å². The Balaban J connectivity index is 1.34. The lowest BCUT2D eigenvalue weighted by molar-refractivity contribution is 0.0881. The number of aromatic amines is 1. The molecule has 4 nitrogen and oxygen atoms in total. The summed E-state index contributed by atoms with van der Waals surface area (Å²) in [6, 6.07) is 9.33. The van der Waals surface area contributed by atoms with E-state index in [1.165, 1.54) is 64.2 Å². The standard InChI is InChI=1S/C22H31ClN4S/c23-18-13-11-17(12-14-18)21-24-22(26-25-21)28-16-15-27(19-7-3-1-4-8-19)20-9-5-2-6-10-20/h11-14,19-20H,1-10,15-16H2,(H,24,25,26). The molecule has 1 aromatic heterocycles. The van der Waals surface area contributed by atoms with Crippen molar-refractivity contribution in [2.24, 2.45) is 0 Å². The number of rotatable bonds is 7. The summed E-state index contributed by atoms with van der Waals surface area (Å²) in [6.07, 6.45) is 14.1. The van der Waals surface area contributed by atoms with E-state index >= 15 is 0 Å². The van der Waals surface area contributed by atoms with Crippen LogP contribution in [-0.4, -0.2) is 44.5 Å². The number of nitrogens with zero attached hydrogens (tertiary/aromatic N) is 3. The van der Waals surface area contributed by atoms with E-state index in [4.69, 9.17) is 11.6 Å². The molecule has 4 rings (SSSR count). The quantitative estimate of drug-likeness (QED) is 0.545. The predicted octanol–water partition coefficient (Wildman–Crippen LogP) is 6.18. The Morgan fingerprint density at radius 3 is 2.14 bits per heavy atom. The zero-order chi connectivity index (χ0) is 19.2. The van der Waals surface area contributed by atoms with Gasteiger partial charge in [0.1, 0.15) is 0 Å². The third kappa shape index (κ3) is 5.31. The monoisotopic (exact) mass is 418 g/mol. The van der Waals surface area contributed by atoms with Crippen LogP contribution >= 0.6 is 23.4 Å². The molecule has 0 atom stereocenters. The van der Waals surface area contributed by atoms with Crippen LogP contribution in [0.1, 0.15) is 64.2 Å². The van der Waals surface area contributed by atoms with Crippen molar-refractivity contribution in [3.05, 3.63) is 29.3 Å². The van der Waals surface area contributed by atoms with E-state index in [1.54, 1.807) is 11.8 Å². The topological polar surface area (TPSA) is 44.8 Å². The van der Waals surface area contributed by atoms with E-state index in [0.717, 1.165) is 45.9 Å². The smallest absolute Gasteiger partial charge is 0.208 e. The fourth-order valence-corrected chi connectivity index (χ4v) is 5.66. The van der Waals surface area contributed by atoms with Crippen LogP contribution in [-0.2, 0) is 0 Å². The average Bonchev–Trinajstić information content (AvgIpc) is 3.22. The molecular formula is C22H31ClN4S. The molecule has 1 aromatic carbocycles. The fraction of sp³-hybridized carbons (Fsp3) is 0.636. The molecular weight excluding hydrogens is 388 g/mol. The molecule has 0 unspecified atom stereocenters. The van der Waals surface area contributed by atoms with Crippen LogP contribution in [0.3, 0.4) is 0 Å². The summed E-state index contributed by atoms with van der Waals surface area (Å²) < 4.78 is 0. The first kappa shape index (κ1) is 20.2. The van der Waals surface area contributed by atoms with Crippen molar-refractivity contribution in [1.82, 2.24) is 20.1 Å². The molecule has 2 aliphatic carbocycles. The molecule has 0 saturated heterocycles. The van der Waals surface area contributed by atoms with Gasteiger partial charge in [-0.05, 0) is 49.9 Å². The average molecular weight is 419 g/mol. The summed E-state index contributed by atoms with van der Waals surface area (Å²) in [7, 11) is 0. The van der Waals surface area contributed by atoms with Gasteiger partial charge < -0.3 is 0 Å². The van der Waals surface area contributed by atoms with Gasteiger partial charge in [-0.3, -0.25) is 10.00 Å². The minimum absolute atomic E-state index is 0.739. The maximum absolute atomic E-state index is 5.98. The van der Waals surface area contributed by atoms with Crippen LogP contribution in [0.5, 0.6) is 0 Å². The molecule has 2 aromatic rings. The lowest BCUT2D eigenvalue weighted by atomic mass is 9.89. The first-order chi connectivity index (χ1) is 13.8. The first-order valence-electron chi connectivity index (χ1n) is 10.9. The second kappa shape index (κ2) is 10.1.